The predicted octanol–water partition coefficient (Wildman–Crippen LogP) is 7.34. The van der Waals surface area contributed by atoms with Crippen LogP contribution in [0, 0.1) is 0 Å². The quantitative estimate of drug-likeness (QED) is 0.126. The van der Waals surface area contributed by atoms with E-state index in [0.717, 1.165) is 35.1 Å². The van der Waals surface area contributed by atoms with E-state index in [4.69, 9.17) is 29.9 Å². The Labute approximate surface area is 318 Å². The van der Waals surface area contributed by atoms with Gasteiger partial charge in [-0.3, -0.25) is 29.5 Å². The Morgan fingerprint density at radius 2 is 0.857 bits per heavy atom. The van der Waals surface area contributed by atoms with Crippen molar-refractivity contribution in [2.45, 2.75) is 12.8 Å². The van der Waals surface area contributed by atoms with E-state index >= 15 is 0 Å². The molecule has 0 unspecified atom stereocenters. The molecule has 0 spiro atoms. The highest BCUT2D eigenvalue weighted by Gasteiger charge is 2.27. The Morgan fingerprint density at radius 1 is 0.464 bits per heavy atom. The zero-order valence-electron chi connectivity index (χ0n) is 29.6. The minimum Gasteiger partial charge on any atom is -0.262 e. The normalized spacial score (nSPS) is 12.7. The number of nitrogens with zero attached hydrogens (tertiary/aromatic N) is 10. The molecular formula is C44H28N10O2. The third kappa shape index (κ3) is 5.55. The summed E-state index contributed by atoms with van der Waals surface area (Å²) in [6.07, 6.45) is 13.8. The van der Waals surface area contributed by atoms with Crippen LogP contribution < -0.4 is 11.1 Å². The van der Waals surface area contributed by atoms with Crippen molar-refractivity contribution in [1.82, 2.24) is 49.0 Å². The zero-order chi connectivity index (χ0) is 37.6. The van der Waals surface area contributed by atoms with E-state index < -0.39 is 11.1 Å². The van der Waals surface area contributed by atoms with E-state index in [1.807, 2.05) is 115 Å². The molecule has 0 fully saturated rings. The maximum atomic E-state index is 15.0. The van der Waals surface area contributed by atoms with Crippen LogP contribution in [0.15, 0.2) is 156 Å². The van der Waals surface area contributed by atoms with Crippen LogP contribution in [0.4, 0.5) is 0 Å². The molecule has 4 aromatic carbocycles. The third-order valence-corrected chi connectivity index (χ3v) is 9.71. The van der Waals surface area contributed by atoms with Gasteiger partial charge in [-0.25, -0.2) is 29.1 Å². The second-order valence-electron chi connectivity index (χ2n) is 13.1. The van der Waals surface area contributed by atoms with Gasteiger partial charge in [0.15, 0.2) is 0 Å². The molecule has 0 amide bonds. The van der Waals surface area contributed by atoms with Crippen molar-refractivity contribution in [2.75, 3.05) is 0 Å². The summed E-state index contributed by atoms with van der Waals surface area (Å²) >= 11 is 0. The Kier molecular flexibility index (Phi) is 7.91. The van der Waals surface area contributed by atoms with E-state index in [-0.39, 0.29) is 28.4 Å². The van der Waals surface area contributed by atoms with E-state index in [1.165, 1.54) is 21.5 Å². The second kappa shape index (κ2) is 13.5. The highest BCUT2D eigenvalue weighted by molar-refractivity contribution is 6.18. The minimum atomic E-state index is -0.938. The lowest BCUT2D eigenvalue weighted by Crippen LogP contribution is -2.41. The fraction of sp³-hybridized carbons (Fsp3) is 0.0455. The summed E-state index contributed by atoms with van der Waals surface area (Å²) in [6.45, 7) is 0. The van der Waals surface area contributed by atoms with Crippen molar-refractivity contribution in [3.63, 3.8) is 0 Å². The van der Waals surface area contributed by atoms with Crippen LogP contribution in [0.25, 0.3) is 84.3 Å². The van der Waals surface area contributed by atoms with Crippen LogP contribution in [-0.2, 0) is 0 Å². The number of benzene rings is 4. The monoisotopic (exact) mass is 728 g/mol. The van der Waals surface area contributed by atoms with Crippen LogP contribution >= 0.6 is 0 Å². The fourth-order valence-electron chi connectivity index (χ4n) is 7.11. The molecule has 266 valence electrons. The molecule has 0 aliphatic heterocycles. The summed E-state index contributed by atoms with van der Waals surface area (Å²) in [5.41, 5.74) is 5.55. The molecule has 1 aliphatic rings. The summed E-state index contributed by atoms with van der Waals surface area (Å²) < 4.78 is 2.45. The SMILES string of the molecule is O=c1c(=O)n(-c2nc(-c3ccccc3)cc(-c3ccccc3)n2)c2c3nccnc3c3nccnc3c2n1-c1nc(C2=CC=CCC2)cc(-c2ccccc2)n1. The zero-order valence-corrected chi connectivity index (χ0v) is 29.6. The molecule has 12 nitrogen and oxygen atoms in total. The Balaban J connectivity index is 1.37. The smallest absolute Gasteiger partial charge is 0.262 e. The highest BCUT2D eigenvalue weighted by atomic mass is 16.2. The summed E-state index contributed by atoms with van der Waals surface area (Å²) in [5, 5.41) is 0. The first-order valence-corrected chi connectivity index (χ1v) is 18.0. The van der Waals surface area contributed by atoms with Crippen LogP contribution in [0.3, 0.4) is 0 Å². The second-order valence-corrected chi connectivity index (χ2v) is 13.1. The van der Waals surface area contributed by atoms with Gasteiger partial charge in [-0.1, -0.05) is 109 Å². The van der Waals surface area contributed by atoms with Crippen molar-refractivity contribution in [1.29, 1.82) is 0 Å². The fourth-order valence-corrected chi connectivity index (χ4v) is 7.11. The predicted molar refractivity (Wildman–Crippen MR) is 215 cm³/mol. The molecule has 0 bridgehead atoms. The van der Waals surface area contributed by atoms with Crippen molar-refractivity contribution in [2.24, 2.45) is 0 Å². The molecule has 0 atom stereocenters. The molecule has 5 aromatic heterocycles. The lowest BCUT2D eigenvalue weighted by atomic mass is 10.0. The molecule has 10 rings (SSSR count). The molecule has 56 heavy (non-hydrogen) atoms. The van der Waals surface area contributed by atoms with Crippen molar-refractivity contribution >= 4 is 38.7 Å². The number of fused-ring (bicyclic) bond motifs is 6. The van der Waals surface area contributed by atoms with Crippen molar-refractivity contribution in [3.8, 4) is 45.7 Å². The van der Waals surface area contributed by atoms with E-state index in [2.05, 4.69) is 16.0 Å². The topological polar surface area (TPSA) is 147 Å². The van der Waals surface area contributed by atoms with Gasteiger partial charge < -0.3 is 0 Å². The first-order chi connectivity index (χ1) is 27.6. The molecule has 0 saturated heterocycles. The lowest BCUT2D eigenvalue weighted by molar-refractivity contribution is 0.837. The van der Waals surface area contributed by atoms with E-state index in [9.17, 15) is 9.59 Å². The standard InChI is InChI=1S/C44H28N10O2/c55-41-42(56)54(44-51-33(29-17-9-3-10-18-29)26-34(52-44)30-19-11-4-12-20-30)40-38-36(46-22-24-48-38)35-37(47-23-21-45-35)39(40)53(41)43-49-31(27-13-5-1-6-14-27)25-32(50-43)28-15-7-2-8-16-28/h1-11,13-19,21-26H,12,20H2. The highest BCUT2D eigenvalue weighted by Crippen LogP contribution is 2.33. The summed E-state index contributed by atoms with van der Waals surface area (Å²) in [7, 11) is 0. The Morgan fingerprint density at radius 3 is 1.27 bits per heavy atom. The van der Waals surface area contributed by atoms with Gasteiger partial charge in [-0.15, -0.1) is 0 Å². The average molecular weight is 729 g/mol. The van der Waals surface area contributed by atoms with Crippen molar-refractivity contribution < 1.29 is 0 Å². The van der Waals surface area contributed by atoms with Gasteiger partial charge in [0, 0.05) is 41.5 Å². The number of aromatic nitrogens is 10. The minimum absolute atomic E-state index is 0.00446. The van der Waals surface area contributed by atoms with Gasteiger partial charge >= 0.3 is 11.1 Å². The molecule has 12 heteroatoms. The number of rotatable bonds is 6. The lowest BCUT2D eigenvalue weighted by Gasteiger charge is -2.18. The largest absolute Gasteiger partial charge is 0.324 e. The van der Waals surface area contributed by atoms with E-state index in [1.54, 1.807) is 12.4 Å². The van der Waals surface area contributed by atoms with Crippen LogP contribution in [0.1, 0.15) is 18.5 Å². The molecule has 9 aromatic rings. The van der Waals surface area contributed by atoms with Gasteiger partial charge in [0.25, 0.3) is 0 Å². The van der Waals surface area contributed by atoms with Gasteiger partial charge in [-0.2, -0.15) is 0 Å². The number of hydrogen-bond donors (Lipinski definition) is 0. The first kappa shape index (κ1) is 32.8. The van der Waals surface area contributed by atoms with Crippen LogP contribution in [-0.4, -0.2) is 49.0 Å². The van der Waals surface area contributed by atoms with Gasteiger partial charge in [0.1, 0.15) is 33.1 Å². The maximum absolute atomic E-state index is 15.0. The first-order valence-electron chi connectivity index (χ1n) is 18.0. The molecule has 0 N–H and O–H groups in total. The summed E-state index contributed by atoms with van der Waals surface area (Å²) in [4.78, 5) is 68.6. The third-order valence-electron chi connectivity index (χ3n) is 9.71. The van der Waals surface area contributed by atoms with Gasteiger partial charge in [0.2, 0.25) is 11.9 Å². The van der Waals surface area contributed by atoms with Gasteiger partial charge in [0.05, 0.1) is 22.8 Å². The molecule has 1 aliphatic carbocycles. The van der Waals surface area contributed by atoms with Crippen LogP contribution in [0.2, 0.25) is 0 Å². The molecule has 0 saturated carbocycles. The number of hydrogen-bond acceptors (Lipinski definition) is 10. The van der Waals surface area contributed by atoms with E-state index in [0.29, 0.717) is 39.3 Å². The Bertz CT molecular complexity index is 3120. The molecular weight excluding hydrogens is 701 g/mol. The maximum Gasteiger partial charge on any atom is 0.324 e. The van der Waals surface area contributed by atoms with Crippen LogP contribution in [0.5, 0.6) is 0 Å². The molecule has 5 heterocycles. The van der Waals surface area contributed by atoms with Crippen molar-refractivity contribution in [3.05, 3.63) is 173 Å². The summed E-state index contributed by atoms with van der Waals surface area (Å²) in [6, 6.07) is 32.6. The Hall–Kier alpha value is -7.86. The van der Waals surface area contributed by atoms with Gasteiger partial charge in [-0.05, 0) is 30.5 Å². The number of allylic oxidation sites excluding steroid dienone is 4. The summed E-state index contributed by atoms with van der Waals surface area (Å²) in [5.74, 6) is -0.0337. The average Bonchev–Trinajstić information content (AvgIpc) is 3.28. The molecule has 0 radical (unpaired) electrons.